The lowest BCUT2D eigenvalue weighted by atomic mass is 9.78. The predicted molar refractivity (Wildman–Crippen MR) is 142 cm³/mol. The van der Waals surface area contributed by atoms with Gasteiger partial charge in [-0.3, -0.25) is 9.36 Å². The zero-order valence-electron chi connectivity index (χ0n) is 20.6. The summed E-state index contributed by atoms with van der Waals surface area (Å²) in [5.41, 5.74) is 0.216. The van der Waals surface area contributed by atoms with Crippen molar-refractivity contribution in [3.8, 4) is 0 Å². The monoisotopic (exact) mass is 562 g/mol. The zero-order chi connectivity index (χ0) is 26.9. The Hall–Kier alpha value is -2.41. The van der Waals surface area contributed by atoms with Gasteiger partial charge in [-0.15, -0.1) is 0 Å². The molecule has 1 amide bonds. The van der Waals surface area contributed by atoms with Gasteiger partial charge in [-0.05, 0) is 56.9 Å². The summed E-state index contributed by atoms with van der Waals surface area (Å²) in [5, 5.41) is 5.87. The van der Waals surface area contributed by atoms with Gasteiger partial charge in [-0.1, -0.05) is 47.5 Å². The standard InChI is InChI=1S/C24H25BCl2N4O5S/c1-14-23(2,3)36-25(35-14)16-7-5-15(6-8-16)12-24(4)21(32)30(19-10-17(26)9-18(27)11-19)22-29-13-20(31(22)24)37(28,33)34/h5-11,13-14H,12H2,1-4H3,(H2,28,33,34)/t14?,24-/m1/s1. The lowest BCUT2D eigenvalue weighted by molar-refractivity contribution is -0.124. The van der Waals surface area contributed by atoms with Crippen molar-refractivity contribution >= 4 is 63.3 Å². The Kier molecular flexibility index (Phi) is 6.25. The molecule has 0 spiro atoms. The molecule has 9 nitrogen and oxygen atoms in total. The highest BCUT2D eigenvalue weighted by Crippen LogP contribution is 2.44. The second-order valence-electron chi connectivity index (χ2n) is 10.1. The van der Waals surface area contributed by atoms with Gasteiger partial charge in [0.1, 0.15) is 5.54 Å². The highest BCUT2D eigenvalue weighted by molar-refractivity contribution is 7.89. The molecule has 2 N–H and O–H groups in total. The zero-order valence-corrected chi connectivity index (χ0v) is 22.9. The van der Waals surface area contributed by atoms with Crippen LogP contribution in [0.25, 0.3) is 0 Å². The fourth-order valence-electron chi connectivity index (χ4n) is 4.72. The van der Waals surface area contributed by atoms with E-state index in [1.807, 2.05) is 45.0 Å². The van der Waals surface area contributed by atoms with E-state index < -0.39 is 34.2 Å². The van der Waals surface area contributed by atoms with Crippen molar-refractivity contribution in [2.24, 2.45) is 5.14 Å². The quantitative estimate of drug-likeness (QED) is 0.476. The van der Waals surface area contributed by atoms with Crippen molar-refractivity contribution < 1.29 is 22.5 Å². The number of primary sulfonamides is 1. The molecule has 2 atom stereocenters. The molecule has 5 rings (SSSR count). The van der Waals surface area contributed by atoms with Crippen molar-refractivity contribution in [2.75, 3.05) is 4.90 Å². The first kappa shape index (κ1) is 26.2. The number of hydrogen-bond donors (Lipinski definition) is 1. The number of hydrogen-bond acceptors (Lipinski definition) is 6. The fourth-order valence-corrected chi connectivity index (χ4v) is 5.97. The average Bonchev–Trinajstić information content (AvgIpc) is 3.40. The highest BCUT2D eigenvalue weighted by atomic mass is 35.5. The molecule has 2 aliphatic heterocycles. The van der Waals surface area contributed by atoms with Gasteiger partial charge in [0, 0.05) is 16.5 Å². The maximum Gasteiger partial charge on any atom is 0.494 e. The van der Waals surface area contributed by atoms with Crippen LogP contribution in [0.3, 0.4) is 0 Å². The number of nitrogens with two attached hydrogens (primary N) is 1. The van der Waals surface area contributed by atoms with E-state index in [0.717, 1.165) is 17.2 Å². The van der Waals surface area contributed by atoms with E-state index in [1.165, 1.54) is 15.5 Å². The number of aromatic nitrogens is 2. The van der Waals surface area contributed by atoms with Crippen molar-refractivity contribution in [1.82, 2.24) is 9.55 Å². The lowest BCUT2D eigenvalue weighted by Gasteiger charge is -2.26. The lowest BCUT2D eigenvalue weighted by Crippen LogP contribution is -2.42. The van der Waals surface area contributed by atoms with E-state index in [-0.39, 0.29) is 23.5 Å². The Balaban J connectivity index is 1.54. The third-order valence-corrected chi connectivity index (χ3v) is 8.29. The number of rotatable bonds is 5. The largest absolute Gasteiger partial charge is 0.494 e. The van der Waals surface area contributed by atoms with Gasteiger partial charge in [-0.2, -0.15) is 0 Å². The Labute approximate surface area is 225 Å². The number of imidazole rings is 1. The number of nitrogens with zero attached hydrogens (tertiary/aromatic N) is 3. The maximum atomic E-state index is 13.9. The third kappa shape index (κ3) is 4.47. The molecule has 194 valence electrons. The first-order chi connectivity index (χ1) is 17.2. The summed E-state index contributed by atoms with van der Waals surface area (Å²) in [5.74, 6) is -0.295. The summed E-state index contributed by atoms with van der Waals surface area (Å²) in [4.78, 5) is 19.5. The van der Waals surface area contributed by atoms with Gasteiger partial charge in [0.25, 0.3) is 15.9 Å². The van der Waals surface area contributed by atoms with E-state index in [9.17, 15) is 13.2 Å². The van der Waals surface area contributed by atoms with Crippen LogP contribution in [0.2, 0.25) is 10.0 Å². The molecule has 1 unspecified atom stereocenters. The van der Waals surface area contributed by atoms with Gasteiger partial charge in [0.2, 0.25) is 5.95 Å². The number of carbonyl (C=O) groups excluding carboxylic acids is 1. The number of carbonyl (C=O) groups is 1. The Morgan fingerprint density at radius 1 is 1.11 bits per heavy atom. The number of halogens is 2. The first-order valence-electron chi connectivity index (χ1n) is 11.5. The number of fused-ring (bicyclic) bond motifs is 1. The minimum absolute atomic E-state index is 0.0746. The van der Waals surface area contributed by atoms with Gasteiger partial charge < -0.3 is 9.31 Å². The average molecular weight is 563 g/mol. The molecular formula is C24H25BCl2N4O5S. The molecule has 1 saturated heterocycles. The van der Waals surface area contributed by atoms with E-state index in [4.69, 9.17) is 37.6 Å². The van der Waals surface area contributed by atoms with Crippen molar-refractivity contribution in [2.45, 2.75) is 56.4 Å². The van der Waals surface area contributed by atoms with Crippen LogP contribution in [-0.2, 0) is 36.1 Å². The summed E-state index contributed by atoms with van der Waals surface area (Å²) in [6, 6.07) is 12.1. The van der Waals surface area contributed by atoms with Crippen molar-refractivity contribution in [1.29, 1.82) is 0 Å². The topological polar surface area (TPSA) is 117 Å². The summed E-state index contributed by atoms with van der Waals surface area (Å²) < 4.78 is 38.2. The minimum atomic E-state index is -4.19. The smallest absolute Gasteiger partial charge is 0.402 e. The van der Waals surface area contributed by atoms with E-state index in [2.05, 4.69) is 4.98 Å². The second-order valence-corrected chi connectivity index (χ2v) is 12.4. The molecule has 0 radical (unpaired) electrons. The van der Waals surface area contributed by atoms with Gasteiger partial charge in [0.05, 0.1) is 23.6 Å². The van der Waals surface area contributed by atoms with Crippen molar-refractivity contribution in [3.05, 3.63) is 64.3 Å². The Morgan fingerprint density at radius 3 is 2.27 bits per heavy atom. The van der Waals surface area contributed by atoms with Crippen LogP contribution in [0.4, 0.5) is 11.6 Å². The van der Waals surface area contributed by atoms with Crippen LogP contribution in [-0.4, -0.2) is 42.7 Å². The number of benzene rings is 2. The van der Waals surface area contributed by atoms with E-state index >= 15 is 0 Å². The van der Waals surface area contributed by atoms with E-state index in [1.54, 1.807) is 19.1 Å². The molecule has 13 heteroatoms. The summed E-state index contributed by atoms with van der Waals surface area (Å²) in [6.07, 6.45) is 1.24. The minimum Gasteiger partial charge on any atom is -0.402 e. The number of amides is 1. The SMILES string of the molecule is CC1OB(c2ccc(C[C@]3(C)C(=O)N(c4cc(Cl)cc(Cl)c4)c4ncc(S(N)(=O)=O)n43)cc2)OC1(C)C. The molecule has 3 aromatic rings. The molecule has 2 aromatic carbocycles. The molecule has 1 aromatic heterocycles. The molecule has 3 heterocycles. The van der Waals surface area contributed by atoms with Crippen LogP contribution < -0.4 is 15.5 Å². The Bertz CT molecular complexity index is 1490. The highest BCUT2D eigenvalue weighted by Gasteiger charge is 2.51. The molecule has 0 aliphatic carbocycles. The van der Waals surface area contributed by atoms with Gasteiger partial charge >= 0.3 is 7.12 Å². The first-order valence-corrected chi connectivity index (χ1v) is 13.8. The van der Waals surface area contributed by atoms with Crippen LogP contribution in [0.5, 0.6) is 0 Å². The fraction of sp³-hybridized carbons (Fsp3) is 0.333. The number of anilines is 2. The molecule has 0 bridgehead atoms. The van der Waals surface area contributed by atoms with Crippen LogP contribution in [0, 0.1) is 0 Å². The van der Waals surface area contributed by atoms with Crippen LogP contribution >= 0.6 is 23.2 Å². The maximum absolute atomic E-state index is 13.9. The second kappa shape index (κ2) is 8.83. The van der Waals surface area contributed by atoms with Crippen LogP contribution in [0.15, 0.2) is 53.7 Å². The molecule has 2 aliphatic rings. The van der Waals surface area contributed by atoms with Crippen molar-refractivity contribution in [3.63, 3.8) is 0 Å². The van der Waals surface area contributed by atoms with Gasteiger partial charge in [-0.25, -0.2) is 23.4 Å². The van der Waals surface area contributed by atoms with Crippen LogP contribution in [0.1, 0.15) is 33.3 Å². The molecule has 37 heavy (non-hydrogen) atoms. The summed E-state index contributed by atoms with van der Waals surface area (Å²) >= 11 is 12.4. The third-order valence-electron chi connectivity index (χ3n) is 6.98. The molecule has 1 fully saturated rings. The molecular weight excluding hydrogens is 538 g/mol. The molecule has 0 saturated carbocycles. The van der Waals surface area contributed by atoms with Gasteiger partial charge in [0.15, 0.2) is 5.03 Å². The van der Waals surface area contributed by atoms with E-state index in [0.29, 0.717) is 15.7 Å². The Morgan fingerprint density at radius 2 is 1.73 bits per heavy atom. The summed E-state index contributed by atoms with van der Waals surface area (Å²) in [6.45, 7) is 7.57. The summed E-state index contributed by atoms with van der Waals surface area (Å²) in [7, 11) is -4.69. The predicted octanol–water partition coefficient (Wildman–Crippen LogP) is 3.38. The number of sulfonamides is 1. The normalized spacial score (nSPS) is 23.1.